The first-order valence-corrected chi connectivity index (χ1v) is 6.11. The van der Waals surface area contributed by atoms with E-state index in [-0.39, 0.29) is 13.0 Å². The highest BCUT2D eigenvalue weighted by Gasteiger charge is 2.30. The molecule has 18 heavy (non-hydrogen) atoms. The van der Waals surface area contributed by atoms with Gasteiger partial charge in [0, 0.05) is 11.9 Å². The lowest BCUT2D eigenvalue weighted by atomic mass is 10.2. The molecular formula is C11H19ClF3NO2. The number of carbonyl (C=O) groups is 1. The van der Waals surface area contributed by atoms with Gasteiger partial charge in [-0.2, -0.15) is 13.2 Å². The molecule has 0 spiro atoms. The van der Waals surface area contributed by atoms with Crippen LogP contribution in [0.3, 0.4) is 0 Å². The monoisotopic (exact) mass is 289 g/mol. The zero-order valence-electron chi connectivity index (χ0n) is 10.7. The maximum absolute atomic E-state index is 12.0. The van der Waals surface area contributed by atoms with Crippen LogP contribution in [-0.2, 0) is 4.74 Å². The standard InChI is InChI=1S/C11H19ClF3NO2/c1-10(2,3)18-9(17)16-6-4-5-8(12)7-11(13,14)15/h8H,4-7H2,1-3H3,(H,16,17). The Balaban J connectivity index is 3.65. The van der Waals surface area contributed by atoms with Crippen LogP contribution >= 0.6 is 11.6 Å². The second-order valence-electron chi connectivity index (χ2n) is 4.99. The molecule has 108 valence electrons. The summed E-state index contributed by atoms with van der Waals surface area (Å²) in [4.78, 5) is 11.2. The third kappa shape index (κ3) is 11.8. The Kier molecular flexibility index (Phi) is 6.81. The molecular weight excluding hydrogens is 271 g/mol. The SMILES string of the molecule is CC(C)(C)OC(=O)NCCCC(Cl)CC(F)(F)F. The van der Waals surface area contributed by atoms with Gasteiger partial charge < -0.3 is 10.1 Å². The van der Waals surface area contributed by atoms with Crippen molar-refractivity contribution in [2.24, 2.45) is 0 Å². The molecule has 1 amide bonds. The summed E-state index contributed by atoms with van der Waals surface area (Å²) in [7, 11) is 0. The molecule has 0 rings (SSSR count). The third-order valence-electron chi connectivity index (χ3n) is 1.82. The Morgan fingerprint density at radius 3 is 2.33 bits per heavy atom. The van der Waals surface area contributed by atoms with Crippen LogP contribution in [0.5, 0.6) is 0 Å². The maximum Gasteiger partial charge on any atom is 0.407 e. The van der Waals surface area contributed by atoms with Crippen molar-refractivity contribution in [1.29, 1.82) is 0 Å². The van der Waals surface area contributed by atoms with Gasteiger partial charge in [0.15, 0.2) is 0 Å². The van der Waals surface area contributed by atoms with E-state index in [1.165, 1.54) is 0 Å². The van der Waals surface area contributed by atoms with E-state index in [0.29, 0.717) is 6.42 Å². The van der Waals surface area contributed by atoms with E-state index in [4.69, 9.17) is 16.3 Å². The van der Waals surface area contributed by atoms with Gasteiger partial charge in [0.25, 0.3) is 0 Å². The van der Waals surface area contributed by atoms with Gasteiger partial charge in [0.1, 0.15) is 5.60 Å². The first-order valence-electron chi connectivity index (χ1n) is 5.67. The number of alkyl halides is 4. The van der Waals surface area contributed by atoms with Gasteiger partial charge in [-0.15, -0.1) is 11.6 Å². The Labute approximate surface area is 110 Å². The highest BCUT2D eigenvalue weighted by atomic mass is 35.5. The summed E-state index contributed by atoms with van der Waals surface area (Å²) in [6.45, 7) is 5.43. The molecule has 0 aliphatic rings. The lowest BCUT2D eigenvalue weighted by molar-refractivity contribution is -0.134. The van der Waals surface area contributed by atoms with Crippen molar-refractivity contribution >= 4 is 17.7 Å². The lowest BCUT2D eigenvalue weighted by Crippen LogP contribution is -2.33. The largest absolute Gasteiger partial charge is 0.444 e. The molecule has 7 heteroatoms. The molecule has 0 aromatic carbocycles. The molecule has 1 unspecified atom stereocenters. The molecule has 1 atom stereocenters. The molecule has 0 heterocycles. The minimum absolute atomic E-state index is 0.191. The van der Waals surface area contributed by atoms with E-state index in [9.17, 15) is 18.0 Å². The normalized spacial score (nSPS) is 14.2. The van der Waals surface area contributed by atoms with E-state index in [1.54, 1.807) is 20.8 Å². The Morgan fingerprint density at radius 2 is 1.89 bits per heavy atom. The van der Waals surface area contributed by atoms with Crippen LogP contribution in [0.25, 0.3) is 0 Å². The predicted octanol–water partition coefficient (Wildman–Crippen LogP) is 3.85. The zero-order chi connectivity index (χ0) is 14.4. The number of hydrogen-bond acceptors (Lipinski definition) is 2. The summed E-state index contributed by atoms with van der Waals surface area (Å²) in [5.41, 5.74) is -0.588. The number of halogens is 4. The number of amides is 1. The molecule has 1 N–H and O–H groups in total. The second kappa shape index (κ2) is 7.07. The fourth-order valence-corrected chi connectivity index (χ4v) is 1.51. The fourth-order valence-electron chi connectivity index (χ4n) is 1.18. The molecule has 0 aliphatic carbocycles. The molecule has 0 aromatic rings. The maximum atomic E-state index is 12.0. The summed E-state index contributed by atoms with van der Waals surface area (Å²) < 4.78 is 40.8. The summed E-state index contributed by atoms with van der Waals surface area (Å²) in [6, 6.07) is 0. The van der Waals surface area contributed by atoms with Gasteiger partial charge in [-0.3, -0.25) is 0 Å². The van der Waals surface area contributed by atoms with Crippen molar-refractivity contribution in [3.05, 3.63) is 0 Å². The molecule has 0 bridgehead atoms. The van der Waals surface area contributed by atoms with Crippen LogP contribution in [0.2, 0.25) is 0 Å². The van der Waals surface area contributed by atoms with Crippen molar-refractivity contribution in [3.63, 3.8) is 0 Å². The number of hydrogen-bond donors (Lipinski definition) is 1. The molecule has 0 saturated heterocycles. The topological polar surface area (TPSA) is 38.3 Å². The van der Waals surface area contributed by atoms with Crippen molar-refractivity contribution < 1.29 is 22.7 Å². The predicted molar refractivity (Wildman–Crippen MR) is 63.8 cm³/mol. The average Bonchev–Trinajstić information content (AvgIpc) is 2.06. The molecule has 0 radical (unpaired) electrons. The third-order valence-corrected chi connectivity index (χ3v) is 2.19. The van der Waals surface area contributed by atoms with E-state index >= 15 is 0 Å². The second-order valence-corrected chi connectivity index (χ2v) is 5.60. The fraction of sp³-hybridized carbons (Fsp3) is 0.909. The minimum Gasteiger partial charge on any atom is -0.444 e. The lowest BCUT2D eigenvalue weighted by Gasteiger charge is -2.19. The van der Waals surface area contributed by atoms with Crippen LogP contribution in [0.1, 0.15) is 40.0 Å². The Hall–Kier alpha value is -0.650. The van der Waals surface area contributed by atoms with Gasteiger partial charge in [0.2, 0.25) is 0 Å². The molecule has 0 fully saturated rings. The van der Waals surface area contributed by atoms with Crippen LogP contribution < -0.4 is 5.32 Å². The van der Waals surface area contributed by atoms with Crippen LogP contribution in [-0.4, -0.2) is 29.8 Å². The molecule has 0 aromatic heterocycles. The quantitative estimate of drug-likeness (QED) is 0.617. The Bertz CT molecular complexity index is 264. The molecule has 3 nitrogen and oxygen atoms in total. The number of carbonyl (C=O) groups excluding carboxylic acids is 1. The van der Waals surface area contributed by atoms with Crippen molar-refractivity contribution in [2.75, 3.05) is 6.54 Å². The van der Waals surface area contributed by atoms with Crippen molar-refractivity contribution in [2.45, 2.75) is 57.2 Å². The smallest absolute Gasteiger partial charge is 0.407 e. The number of alkyl carbamates (subject to hydrolysis) is 1. The van der Waals surface area contributed by atoms with Crippen LogP contribution in [0.4, 0.5) is 18.0 Å². The first-order chi connectivity index (χ1) is 7.99. The van der Waals surface area contributed by atoms with Crippen LogP contribution in [0.15, 0.2) is 0 Å². The number of rotatable bonds is 5. The number of ether oxygens (including phenoxy) is 1. The zero-order valence-corrected chi connectivity index (χ0v) is 11.5. The van der Waals surface area contributed by atoms with E-state index < -0.39 is 29.7 Å². The van der Waals surface area contributed by atoms with Gasteiger partial charge in [0.05, 0.1) is 6.42 Å². The van der Waals surface area contributed by atoms with Crippen molar-refractivity contribution in [1.82, 2.24) is 5.32 Å². The minimum atomic E-state index is -4.25. The summed E-state index contributed by atoms with van der Waals surface area (Å²) in [5, 5.41) is 1.50. The van der Waals surface area contributed by atoms with Crippen molar-refractivity contribution in [3.8, 4) is 0 Å². The highest BCUT2D eigenvalue weighted by Crippen LogP contribution is 2.26. The van der Waals surface area contributed by atoms with E-state index in [2.05, 4.69) is 5.32 Å². The highest BCUT2D eigenvalue weighted by molar-refractivity contribution is 6.20. The number of nitrogens with one attached hydrogen (secondary N) is 1. The molecule has 0 aliphatic heterocycles. The average molecular weight is 290 g/mol. The summed E-state index contributed by atoms with van der Waals surface area (Å²) in [5.74, 6) is 0. The van der Waals surface area contributed by atoms with Gasteiger partial charge in [-0.25, -0.2) is 4.79 Å². The summed E-state index contributed by atoms with van der Waals surface area (Å²) in [6.07, 6.45) is -5.27. The first kappa shape index (κ1) is 17.4. The Morgan fingerprint density at radius 1 is 1.33 bits per heavy atom. The van der Waals surface area contributed by atoms with E-state index in [1.807, 2.05) is 0 Å². The van der Waals surface area contributed by atoms with Crippen LogP contribution in [0, 0.1) is 0 Å². The van der Waals surface area contributed by atoms with Gasteiger partial charge in [-0.05, 0) is 33.6 Å². The van der Waals surface area contributed by atoms with E-state index in [0.717, 1.165) is 0 Å². The van der Waals surface area contributed by atoms with Gasteiger partial charge >= 0.3 is 12.3 Å². The molecule has 0 saturated carbocycles. The van der Waals surface area contributed by atoms with Gasteiger partial charge in [-0.1, -0.05) is 0 Å². The summed E-state index contributed by atoms with van der Waals surface area (Å²) >= 11 is 5.52.